The van der Waals surface area contributed by atoms with Gasteiger partial charge in [0.15, 0.2) is 0 Å². The smallest absolute Gasteiger partial charge is 0.292 e. The monoisotopic (exact) mass is 209 g/mol. The molecule has 0 aromatic carbocycles. The first kappa shape index (κ1) is 10.2. The third-order valence-electron chi connectivity index (χ3n) is 2.60. The van der Waals surface area contributed by atoms with Crippen LogP contribution >= 0.6 is 0 Å². The molecule has 0 spiro atoms. The second kappa shape index (κ2) is 4.02. The Labute approximate surface area is 88.4 Å². The molecule has 1 aliphatic rings. The molecule has 0 saturated carbocycles. The number of aryl methyl sites for hydroxylation is 1. The third kappa shape index (κ3) is 2.02. The van der Waals surface area contributed by atoms with E-state index >= 15 is 0 Å². The van der Waals surface area contributed by atoms with E-state index in [4.69, 9.17) is 4.52 Å². The van der Waals surface area contributed by atoms with E-state index in [-0.39, 0.29) is 5.91 Å². The summed E-state index contributed by atoms with van der Waals surface area (Å²) in [7, 11) is 0. The summed E-state index contributed by atoms with van der Waals surface area (Å²) in [6, 6.07) is 0.339. The fourth-order valence-corrected chi connectivity index (χ4v) is 1.76. The first-order valence-electron chi connectivity index (χ1n) is 5.12. The van der Waals surface area contributed by atoms with Crippen molar-refractivity contribution in [3.8, 4) is 0 Å². The quantitative estimate of drug-likeness (QED) is 0.728. The van der Waals surface area contributed by atoms with Crippen molar-refractivity contribution in [3.05, 3.63) is 17.5 Å². The highest BCUT2D eigenvalue weighted by Gasteiger charge is 2.25. The van der Waals surface area contributed by atoms with Crippen molar-refractivity contribution in [3.63, 3.8) is 0 Å². The molecule has 1 aromatic heterocycles. The largest absolute Gasteiger partial charge is 0.351 e. The maximum Gasteiger partial charge on any atom is 0.292 e. The Balaban J connectivity index is 2.11. The lowest BCUT2D eigenvalue weighted by atomic mass is 10.2. The second-order valence-corrected chi connectivity index (χ2v) is 3.94. The van der Waals surface area contributed by atoms with Gasteiger partial charge in [-0.25, -0.2) is 0 Å². The Bertz CT molecular complexity index is 361. The number of nitrogens with one attached hydrogen (secondary N) is 1. The van der Waals surface area contributed by atoms with E-state index in [1.165, 1.54) is 0 Å². The molecule has 1 unspecified atom stereocenters. The Morgan fingerprint density at radius 2 is 2.53 bits per heavy atom. The van der Waals surface area contributed by atoms with E-state index in [9.17, 15) is 4.79 Å². The molecule has 2 heterocycles. The van der Waals surface area contributed by atoms with E-state index in [1.807, 2.05) is 6.92 Å². The van der Waals surface area contributed by atoms with Crippen LogP contribution in [0.2, 0.25) is 0 Å². The molecule has 1 fully saturated rings. The predicted molar refractivity (Wildman–Crippen MR) is 54.6 cm³/mol. The zero-order valence-corrected chi connectivity index (χ0v) is 8.99. The highest BCUT2D eigenvalue weighted by atomic mass is 16.5. The third-order valence-corrected chi connectivity index (χ3v) is 2.60. The molecule has 0 radical (unpaired) electrons. The van der Waals surface area contributed by atoms with Crippen LogP contribution in [0.25, 0.3) is 0 Å². The van der Waals surface area contributed by atoms with Gasteiger partial charge in [0.1, 0.15) is 0 Å². The van der Waals surface area contributed by atoms with Crippen LogP contribution in [0.5, 0.6) is 0 Å². The molecular weight excluding hydrogens is 194 g/mol. The normalized spacial score (nSPS) is 21.7. The SMILES string of the molecule is Cc1cnoc1C(=O)N1CCNC(C)C1. The molecule has 0 aliphatic carbocycles. The summed E-state index contributed by atoms with van der Waals surface area (Å²) in [6.45, 7) is 6.17. The average molecular weight is 209 g/mol. The van der Waals surface area contributed by atoms with Gasteiger partial charge in [-0.15, -0.1) is 0 Å². The van der Waals surface area contributed by atoms with Crippen molar-refractivity contribution in [1.29, 1.82) is 0 Å². The van der Waals surface area contributed by atoms with Gasteiger partial charge in [-0.2, -0.15) is 0 Å². The number of hydrogen-bond acceptors (Lipinski definition) is 4. The molecule has 15 heavy (non-hydrogen) atoms. The molecule has 5 nitrogen and oxygen atoms in total. The molecule has 1 aromatic rings. The van der Waals surface area contributed by atoms with Crippen molar-refractivity contribution in [2.24, 2.45) is 0 Å². The van der Waals surface area contributed by atoms with E-state index in [2.05, 4.69) is 17.4 Å². The van der Waals surface area contributed by atoms with Crippen LogP contribution in [0.15, 0.2) is 10.7 Å². The molecule has 0 bridgehead atoms. The van der Waals surface area contributed by atoms with Crippen LogP contribution in [-0.2, 0) is 0 Å². The van der Waals surface area contributed by atoms with Crippen LogP contribution in [0.1, 0.15) is 23.0 Å². The molecule has 2 rings (SSSR count). The van der Waals surface area contributed by atoms with Gasteiger partial charge in [0.05, 0.1) is 6.20 Å². The first-order valence-corrected chi connectivity index (χ1v) is 5.12. The molecule has 5 heteroatoms. The van der Waals surface area contributed by atoms with Gasteiger partial charge in [-0.05, 0) is 13.8 Å². The van der Waals surface area contributed by atoms with Crippen LogP contribution in [0, 0.1) is 6.92 Å². The lowest BCUT2D eigenvalue weighted by molar-refractivity contribution is 0.0666. The van der Waals surface area contributed by atoms with E-state index in [0.717, 1.165) is 25.2 Å². The number of nitrogens with zero attached hydrogens (tertiary/aromatic N) is 2. The second-order valence-electron chi connectivity index (χ2n) is 3.94. The summed E-state index contributed by atoms with van der Waals surface area (Å²) in [5, 5.41) is 6.91. The van der Waals surface area contributed by atoms with Gasteiger partial charge < -0.3 is 14.7 Å². The minimum Gasteiger partial charge on any atom is -0.351 e. The van der Waals surface area contributed by atoms with E-state index in [1.54, 1.807) is 11.1 Å². The molecule has 1 aliphatic heterocycles. The molecule has 82 valence electrons. The minimum atomic E-state index is -0.0571. The molecule has 1 atom stereocenters. The van der Waals surface area contributed by atoms with Crippen molar-refractivity contribution < 1.29 is 9.32 Å². The van der Waals surface area contributed by atoms with Crippen molar-refractivity contribution in [1.82, 2.24) is 15.4 Å². The minimum absolute atomic E-state index is 0.0571. The fourth-order valence-electron chi connectivity index (χ4n) is 1.76. The number of carbonyl (C=O) groups is 1. The number of carbonyl (C=O) groups excluding carboxylic acids is 1. The van der Waals surface area contributed by atoms with Gasteiger partial charge in [0.25, 0.3) is 5.91 Å². The van der Waals surface area contributed by atoms with Crippen LogP contribution in [-0.4, -0.2) is 41.6 Å². The van der Waals surface area contributed by atoms with Crippen molar-refractivity contribution in [2.75, 3.05) is 19.6 Å². The fraction of sp³-hybridized carbons (Fsp3) is 0.600. The number of amides is 1. The predicted octanol–water partition coefficient (Wildman–Crippen LogP) is 0.417. The summed E-state index contributed by atoms with van der Waals surface area (Å²) >= 11 is 0. The van der Waals surface area contributed by atoms with Crippen molar-refractivity contribution >= 4 is 5.91 Å². The molecular formula is C10H15N3O2. The average Bonchev–Trinajstić information content (AvgIpc) is 2.63. The van der Waals surface area contributed by atoms with Gasteiger partial charge in [0, 0.05) is 31.2 Å². The molecule has 1 saturated heterocycles. The van der Waals surface area contributed by atoms with Crippen LogP contribution in [0.4, 0.5) is 0 Å². The zero-order chi connectivity index (χ0) is 10.8. The first-order chi connectivity index (χ1) is 7.18. The Morgan fingerprint density at radius 3 is 3.13 bits per heavy atom. The lowest BCUT2D eigenvalue weighted by Gasteiger charge is -2.31. The van der Waals surface area contributed by atoms with Crippen LogP contribution < -0.4 is 5.32 Å². The molecule has 1 amide bonds. The number of piperazine rings is 1. The maximum absolute atomic E-state index is 12.0. The Morgan fingerprint density at radius 1 is 1.73 bits per heavy atom. The topological polar surface area (TPSA) is 58.4 Å². The summed E-state index contributed by atoms with van der Waals surface area (Å²) < 4.78 is 4.95. The number of aromatic nitrogens is 1. The van der Waals surface area contributed by atoms with Gasteiger partial charge in [-0.3, -0.25) is 4.79 Å². The summed E-state index contributed by atoms with van der Waals surface area (Å²) in [5.74, 6) is 0.308. The standard InChI is InChI=1S/C10H15N3O2/c1-7-5-12-15-9(7)10(14)13-4-3-11-8(2)6-13/h5,8,11H,3-4,6H2,1-2H3. The Hall–Kier alpha value is -1.36. The highest BCUT2D eigenvalue weighted by Crippen LogP contribution is 2.11. The summed E-state index contributed by atoms with van der Waals surface area (Å²) in [5.41, 5.74) is 0.797. The van der Waals surface area contributed by atoms with Gasteiger partial charge in [-0.1, -0.05) is 5.16 Å². The van der Waals surface area contributed by atoms with Crippen LogP contribution in [0.3, 0.4) is 0 Å². The lowest BCUT2D eigenvalue weighted by Crippen LogP contribution is -2.51. The maximum atomic E-state index is 12.0. The van der Waals surface area contributed by atoms with Crippen molar-refractivity contribution in [2.45, 2.75) is 19.9 Å². The zero-order valence-electron chi connectivity index (χ0n) is 8.99. The summed E-state index contributed by atoms with van der Waals surface area (Å²) in [4.78, 5) is 13.8. The number of hydrogen-bond donors (Lipinski definition) is 1. The van der Waals surface area contributed by atoms with E-state index < -0.39 is 0 Å². The summed E-state index contributed by atoms with van der Waals surface area (Å²) in [6.07, 6.45) is 1.57. The van der Waals surface area contributed by atoms with E-state index in [0.29, 0.717) is 11.8 Å². The molecule has 1 N–H and O–H groups in total. The number of rotatable bonds is 1. The highest BCUT2D eigenvalue weighted by molar-refractivity contribution is 5.92. The Kier molecular flexibility index (Phi) is 2.73. The van der Waals surface area contributed by atoms with Gasteiger partial charge in [0.2, 0.25) is 5.76 Å². The van der Waals surface area contributed by atoms with Gasteiger partial charge >= 0.3 is 0 Å².